The van der Waals surface area contributed by atoms with Crippen molar-refractivity contribution in [2.24, 2.45) is 0 Å². The molecule has 2 N–H and O–H groups in total. The number of amides is 1. The van der Waals surface area contributed by atoms with Gasteiger partial charge in [0.05, 0.1) is 11.8 Å². The standard InChI is InChI=1S/C17H22N4OS2/c1-3-8-14(13-9-6-5-7-10-13)19-15(22)12-23-17-21-20-16(24-17)18-11-4-2/h4-7,9-10,14H,2-3,8,11-12H2,1H3,(H,18,20)(H,19,22). The molecule has 0 aliphatic rings. The third-order valence-corrected chi connectivity index (χ3v) is 5.26. The summed E-state index contributed by atoms with van der Waals surface area (Å²) in [6.07, 6.45) is 3.70. The lowest BCUT2D eigenvalue weighted by Crippen LogP contribution is -2.29. The van der Waals surface area contributed by atoms with Crippen molar-refractivity contribution in [3.8, 4) is 0 Å². The molecule has 5 nitrogen and oxygen atoms in total. The van der Waals surface area contributed by atoms with E-state index < -0.39 is 0 Å². The van der Waals surface area contributed by atoms with E-state index in [9.17, 15) is 4.79 Å². The third kappa shape index (κ3) is 5.98. The molecular weight excluding hydrogens is 340 g/mol. The summed E-state index contributed by atoms with van der Waals surface area (Å²) in [6.45, 7) is 6.41. The van der Waals surface area contributed by atoms with Gasteiger partial charge < -0.3 is 10.6 Å². The van der Waals surface area contributed by atoms with Crippen LogP contribution in [0, 0.1) is 0 Å². The molecule has 128 valence electrons. The fourth-order valence-corrected chi connectivity index (χ4v) is 3.73. The SMILES string of the molecule is C=CCNc1nnc(SCC(=O)NC(CCC)c2ccccc2)s1. The Kier molecular flexibility index (Phi) is 7.77. The van der Waals surface area contributed by atoms with Crippen LogP contribution in [0.3, 0.4) is 0 Å². The Bertz CT molecular complexity index is 645. The Morgan fingerprint density at radius 1 is 1.38 bits per heavy atom. The largest absolute Gasteiger partial charge is 0.357 e. The van der Waals surface area contributed by atoms with E-state index >= 15 is 0 Å². The van der Waals surface area contributed by atoms with E-state index in [1.165, 1.54) is 23.1 Å². The predicted octanol–water partition coefficient (Wildman–Crippen LogP) is 3.89. The van der Waals surface area contributed by atoms with Gasteiger partial charge in [-0.3, -0.25) is 4.79 Å². The Balaban J connectivity index is 1.84. The number of carbonyl (C=O) groups excluding carboxylic acids is 1. The van der Waals surface area contributed by atoms with Crippen LogP contribution in [0.2, 0.25) is 0 Å². The highest BCUT2D eigenvalue weighted by Crippen LogP contribution is 2.25. The number of nitrogens with one attached hydrogen (secondary N) is 2. The first-order chi connectivity index (χ1) is 11.7. The summed E-state index contributed by atoms with van der Waals surface area (Å²) in [5.41, 5.74) is 1.14. The van der Waals surface area contributed by atoms with Gasteiger partial charge in [-0.15, -0.1) is 16.8 Å². The van der Waals surface area contributed by atoms with E-state index in [2.05, 4.69) is 46.5 Å². The first-order valence-electron chi connectivity index (χ1n) is 7.88. The number of anilines is 1. The van der Waals surface area contributed by atoms with Crippen molar-refractivity contribution in [2.75, 3.05) is 17.6 Å². The zero-order valence-corrected chi connectivity index (χ0v) is 15.3. The van der Waals surface area contributed by atoms with Gasteiger partial charge in [-0.25, -0.2) is 0 Å². The molecule has 1 atom stereocenters. The molecule has 1 heterocycles. The molecule has 7 heteroatoms. The number of carbonyl (C=O) groups is 1. The average molecular weight is 363 g/mol. The fraction of sp³-hybridized carbons (Fsp3) is 0.353. The highest BCUT2D eigenvalue weighted by Gasteiger charge is 2.14. The topological polar surface area (TPSA) is 66.9 Å². The van der Waals surface area contributed by atoms with Gasteiger partial charge in [0.25, 0.3) is 0 Å². The van der Waals surface area contributed by atoms with E-state index in [4.69, 9.17) is 0 Å². The van der Waals surface area contributed by atoms with Gasteiger partial charge >= 0.3 is 0 Å². The second-order valence-corrected chi connectivity index (χ2v) is 7.35. The van der Waals surface area contributed by atoms with E-state index in [1.807, 2.05) is 18.2 Å². The Hall–Kier alpha value is -1.86. The monoisotopic (exact) mass is 362 g/mol. The second-order valence-electron chi connectivity index (χ2n) is 5.15. The van der Waals surface area contributed by atoms with Gasteiger partial charge in [0, 0.05) is 6.54 Å². The molecule has 0 saturated heterocycles. The van der Waals surface area contributed by atoms with Gasteiger partial charge in [0.2, 0.25) is 11.0 Å². The summed E-state index contributed by atoms with van der Waals surface area (Å²) in [5, 5.41) is 15.0. The Labute approximate surface area is 151 Å². The number of rotatable bonds is 10. The molecule has 0 fully saturated rings. The van der Waals surface area contributed by atoms with Gasteiger partial charge in [-0.2, -0.15) is 0 Å². The van der Waals surface area contributed by atoms with E-state index in [0.29, 0.717) is 12.3 Å². The van der Waals surface area contributed by atoms with Crippen molar-refractivity contribution in [3.63, 3.8) is 0 Å². The van der Waals surface area contributed by atoms with Gasteiger partial charge in [-0.1, -0.05) is 72.9 Å². The number of nitrogens with zero attached hydrogens (tertiary/aromatic N) is 2. The lowest BCUT2D eigenvalue weighted by molar-refractivity contribution is -0.119. The minimum absolute atomic E-state index is 0.0121. The molecule has 0 aliphatic heterocycles. The molecule has 1 amide bonds. The Morgan fingerprint density at radius 2 is 2.17 bits per heavy atom. The van der Waals surface area contributed by atoms with E-state index in [0.717, 1.165) is 27.9 Å². The van der Waals surface area contributed by atoms with Crippen LogP contribution >= 0.6 is 23.1 Å². The zero-order valence-electron chi connectivity index (χ0n) is 13.7. The molecule has 0 aliphatic carbocycles. The maximum Gasteiger partial charge on any atom is 0.230 e. The van der Waals surface area contributed by atoms with E-state index in [-0.39, 0.29) is 11.9 Å². The van der Waals surface area contributed by atoms with Crippen LogP contribution in [0.1, 0.15) is 31.4 Å². The van der Waals surface area contributed by atoms with Crippen molar-refractivity contribution in [1.29, 1.82) is 0 Å². The van der Waals surface area contributed by atoms with Gasteiger partial charge in [0.15, 0.2) is 4.34 Å². The van der Waals surface area contributed by atoms with Crippen LogP contribution in [0.5, 0.6) is 0 Å². The number of aromatic nitrogens is 2. The molecule has 0 radical (unpaired) electrons. The molecule has 1 aromatic carbocycles. The molecule has 1 aromatic heterocycles. The molecule has 2 aromatic rings. The number of hydrogen-bond donors (Lipinski definition) is 2. The summed E-state index contributed by atoms with van der Waals surface area (Å²) >= 11 is 2.85. The van der Waals surface area contributed by atoms with Crippen LogP contribution < -0.4 is 10.6 Å². The molecule has 0 saturated carbocycles. The third-order valence-electron chi connectivity index (χ3n) is 3.25. The minimum atomic E-state index is 0.0121. The van der Waals surface area contributed by atoms with Crippen molar-refractivity contribution >= 4 is 34.1 Å². The van der Waals surface area contributed by atoms with Crippen molar-refractivity contribution in [2.45, 2.75) is 30.1 Å². The highest BCUT2D eigenvalue weighted by atomic mass is 32.2. The average Bonchev–Trinajstić information content (AvgIpc) is 3.06. The van der Waals surface area contributed by atoms with Crippen LogP contribution in [-0.2, 0) is 4.79 Å². The minimum Gasteiger partial charge on any atom is -0.357 e. The first-order valence-corrected chi connectivity index (χ1v) is 9.68. The van der Waals surface area contributed by atoms with Crippen LogP contribution in [0.25, 0.3) is 0 Å². The highest BCUT2D eigenvalue weighted by molar-refractivity contribution is 8.01. The molecule has 0 bridgehead atoms. The molecule has 0 spiro atoms. The zero-order chi connectivity index (χ0) is 17.2. The normalized spacial score (nSPS) is 11.7. The molecular formula is C17H22N4OS2. The molecule has 24 heavy (non-hydrogen) atoms. The van der Waals surface area contributed by atoms with Gasteiger partial charge in [-0.05, 0) is 12.0 Å². The molecule has 1 unspecified atom stereocenters. The summed E-state index contributed by atoms with van der Waals surface area (Å²) in [6, 6.07) is 10.1. The maximum absolute atomic E-state index is 12.2. The Morgan fingerprint density at radius 3 is 2.88 bits per heavy atom. The van der Waals surface area contributed by atoms with Crippen LogP contribution in [0.15, 0.2) is 47.3 Å². The first kappa shape index (κ1) is 18.5. The summed E-state index contributed by atoms with van der Waals surface area (Å²) in [5.74, 6) is 0.349. The van der Waals surface area contributed by atoms with Crippen LogP contribution in [0.4, 0.5) is 5.13 Å². The number of thioether (sulfide) groups is 1. The maximum atomic E-state index is 12.2. The number of benzene rings is 1. The van der Waals surface area contributed by atoms with E-state index in [1.54, 1.807) is 6.08 Å². The van der Waals surface area contributed by atoms with Crippen molar-refractivity contribution < 1.29 is 4.79 Å². The lowest BCUT2D eigenvalue weighted by atomic mass is 10.0. The fourth-order valence-electron chi connectivity index (χ4n) is 2.16. The quantitative estimate of drug-likeness (QED) is 0.496. The number of hydrogen-bond acceptors (Lipinski definition) is 6. The van der Waals surface area contributed by atoms with Gasteiger partial charge in [0.1, 0.15) is 0 Å². The van der Waals surface area contributed by atoms with Crippen LogP contribution in [-0.4, -0.2) is 28.4 Å². The lowest BCUT2D eigenvalue weighted by Gasteiger charge is -2.18. The second kappa shape index (κ2) is 10.1. The van der Waals surface area contributed by atoms with Crippen molar-refractivity contribution in [1.82, 2.24) is 15.5 Å². The molecule has 2 rings (SSSR count). The summed E-state index contributed by atoms with van der Waals surface area (Å²) in [4.78, 5) is 12.2. The van der Waals surface area contributed by atoms with Crippen molar-refractivity contribution in [3.05, 3.63) is 48.6 Å². The predicted molar refractivity (Wildman–Crippen MR) is 102 cm³/mol. The summed E-state index contributed by atoms with van der Waals surface area (Å²) < 4.78 is 0.781. The smallest absolute Gasteiger partial charge is 0.230 e. The summed E-state index contributed by atoms with van der Waals surface area (Å²) in [7, 11) is 0.